The van der Waals surface area contributed by atoms with Gasteiger partial charge in [0.25, 0.3) is 5.91 Å². The van der Waals surface area contributed by atoms with Crippen molar-refractivity contribution in [3.05, 3.63) is 29.8 Å². The maximum atomic E-state index is 12.8. The number of nitrogens with zero attached hydrogens (tertiary/aromatic N) is 1. The number of hydrogen-bond donors (Lipinski definition) is 1. The predicted octanol–water partition coefficient (Wildman–Crippen LogP) is 4.16. The number of carbonyl (C=O) groups excluding carboxylic acids is 1. The molecule has 116 valence electrons. The molecule has 1 aliphatic rings. The Balaban J connectivity index is 2.11. The van der Waals surface area contributed by atoms with Gasteiger partial charge in [0.2, 0.25) is 0 Å². The number of nitrogens with one attached hydrogen (secondary N) is 1. The summed E-state index contributed by atoms with van der Waals surface area (Å²) in [5.74, 6) is 0.832. The van der Waals surface area contributed by atoms with E-state index in [0.29, 0.717) is 12.0 Å². The topological polar surface area (TPSA) is 32.3 Å². The minimum atomic E-state index is 0.199. The van der Waals surface area contributed by atoms with Crippen LogP contribution in [0, 0.1) is 5.92 Å². The number of benzene rings is 1. The monoisotopic (exact) mass is 288 g/mol. The maximum Gasteiger partial charge on any atom is 0.254 e. The van der Waals surface area contributed by atoms with Crippen molar-refractivity contribution in [3.63, 3.8) is 0 Å². The Kier molecular flexibility index (Phi) is 5.66. The largest absolute Gasteiger partial charge is 0.388 e. The minimum absolute atomic E-state index is 0.199. The summed E-state index contributed by atoms with van der Waals surface area (Å²) >= 11 is 0. The molecule has 0 unspecified atom stereocenters. The summed E-state index contributed by atoms with van der Waals surface area (Å²) in [4.78, 5) is 15.0. The fourth-order valence-corrected chi connectivity index (χ4v) is 3.01. The highest BCUT2D eigenvalue weighted by Gasteiger charge is 2.27. The molecule has 1 N–H and O–H groups in total. The average molecular weight is 288 g/mol. The Bertz CT molecular complexity index is 447. The van der Waals surface area contributed by atoms with Crippen molar-refractivity contribution in [1.82, 2.24) is 4.90 Å². The number of carbonyl (C=O) groups is 1. The normalized spacial score (nSPS) is 15.4. The molecule has 1 fully saturated rings. The summed E-state index contributed by atoms with van der Waals surface area (Å²) in [5.41, 5.74) is 1.85. The van der Waals surface area contributed by atoms with Crippen molar-refractivity contribution in [3.8, 4) is 0 Å². The van der Waals surface area contributed by atoms with Crippen LogP contribution < -0.4 is 5.32 Å². The van der Waals surface area contributed by atoms with Crippen LogP contribution >= 0.6 is 0 Å². The molecule has 0 heterocycles. The zero-order valence-corrected chi connectivity index (χ0v) is 13.6. The van der Waals surface area contributed by atoms with E-state index in [1.165, 1.54) is 25.7 Å². The van der Waals surface area contributed by atoms with Crippen LogP contribution in [-0.4, -0.2) is 30.4 Å². The van der Waals surface area contributed by atoms with E-state index >= 15 is 0 Å². The third kappa shape index (κ3) is 4.23. The molecule has 0 saturated heterocycles. The first-order valence-corrected chi connectivity index (χ1v) is 8.20. The molecule has 21 heavy (non-hydrogen) atoms. The molecular formula is C18H28N2O. The molecule has 3 heteroatoms. The molecule has 0 atom stereocenters. The van der Waals surface area contributed by atoms with Crippen LogP contribution in [0.3, 0.4) is 0 Å². The molecule has 1 amide bonds. The van der Waals surface area contributed by atoms with Gasteiger partial charge in [-0.3, -0.25) is 4.79 Å². The lowest BCUT2D eigenvalue weighted by Crippen LogP contribution is -2.40. The smallest absolute Gasteiger partial charge is 0.254 e. The lowest BCUT2D eigenvalue weighted by molar-refractivity contribution is 0.0672. The Morgan fingerprint density at radius 2 is 1.86 bits per heavy atom. The van der Waals surface area contributed by atoms with Gasteiger partial charge in [0.1, 0.15) is 0 Å². The van der Waals surface area contributed by atoms with Gasteiger partial charge in [0.15, 0.2) is 0 Å². The second kappa shape index (κ2) is 7.48. The van der Waals surface area contributed by atoms with E-state index in [0.717, 1.165) is 24.2 Å². The van der Waals surface area contributed by atoms with Gasteiger partial charge in [0, 0.05) is 30.9 Å². The SMILES string of the molecule is CNc1ccc(C(=O)N(CCC(C)C)C2CCCC2)cc1. The Labute approximate surface area is 128 Å². The molecule has 1 aromatic carbocycles. The zero-order chi connectivity index (χ0) is 15.2. The average Bonchev–Trinajstić information content (AvgIpc) is 3.01. The maximum absolute atomic E-state index is 12.8. The molecule has 3 nitrogen and oxygen atoms in total. The van der Waals surface area contributed by atoms with Crippen molar-refractivity contribution in [2.45, 2.75) is 52.0 Å². The number of rotatable bonds is 6. The van der Waals surface area contributed by atoms with Gasteiger partial charge in [0.05, 0.1) is 0 Å². The molecule has 0 radical (unpaired) electrons. The van der Waals surface area contributed by atoms with Gasteiger partial charge in [-0.1, -0.05) is 26.7 Å². The highest BCUT2D eigenvalue weighted by Crippen LogP contribution is 2.26. The van der Waals surface area contributed by atoms with Crippen molar-refractivity contribution in [1.29, 1.82) is 0 Å². The van der Waals surface area contributed by atoms with Crippen LogP contribution in [0.4, 0.5) is 5.69 Å². The van der Waals surface area contributed by atoms with Gasteiger partial charge in [-0.25, -0.2) is 0 Å². The van der Waals surface area contributed by atoms with Gasteiger partial charge in [-0.05, 0) is 49.4 Å². The molecule has 0 spiro atoms. The van der Waals surface area contributed by atoms with E-state index in [1.54, 1.807) is 0 Å². The van der Waals surface area contributed by atoms with E-state index in [-0.39, 0.29) is 5.91 Å². The second-order valence-electron chi connectivity index (χ2n) is 6.45. The lowest BCUT2D eigenvalue weighted by atomic mass is 10.1. The van der Waals surface area contributed by atoms with E-state index < -0.39 is 0 Å². The Morgan fingerprint density at radius 3 is 2.38 bits per heavy atom. The molecule has 2 rings (SSSR count). The summed E-state index contributed by atoms with van der Waals surface area (Å²) in [5, 5.41) is 3.09. The third-order valence-corrected chi connectivity index (χ3v) is 4.39. The van der Waals surface area contributed by atoms with E-state index in [2.05, 4.69) is 24.1 Å². The first-order chi connectivity index (χ1) is 10.1. The number of hydrogen-bond acceptors (Lipinski definition) is 2. The first kappa shape index (κ1) is 15.9. The van der Waals surface area contributed by atoms with Crippen LogP contribution in [0.5, 0.6) is 0 Å². The summed E-state index contributed by atoms with van der Waals surface area (Å²) in [6.45, 7) is 5.33. The fraction of sp³-hybridized carbons (Fsp3) is 0.611. The highest BCUT2D eigenvalue weighted by atomic mass is 16.2. The Morgan fingerprint density at radius 1 is 1.24 bits per heavy atom. The standard InChI is InChI=1S/C18H28N2O/c1-14(2)12-13-20(17-6-4-5-7-17)18(21)15-8-10-16(19-3)11-9-15/h8-11,14,17,19H,4-7,12-13H2,1-3H3. The lowest BCUT2D eigenvalue weighted by Gasteiger charge is -2.30. The Hall–Kier alpha value is -1.51. The van der Waals surface area contributed by atoms with Crippen molar-refractivity contribution in [2.24, 2.45) is 5.92 Å². The van der Waals surface area contributed by atoms with E-state index in [4.69, 9.17) is 0 Å². The summed E-state index contributed by atoms with van der Waals surface area (Å²) in [6, 6.07) is 8.27. The number of amides is 1. The first-order valence-electron chi connectivity index (χ1n) is 8.20. The van der Waals surface area contributed by atoms with Crippen LogP contribution in [0.15, 0.2) is 24.3 Å². The van der Waals surface area contributed by atoms with Crippen LogP contribution in [0.1, 0.15) is 56.3 Å². The summed E-state index contributed by atoms with van der Waals surface area (Å²) < 4.78 is 0. The molecule has 0 bridgehead atoms. The molecule has 1 aromatic rings. The van der Waals surface area contributed by atoms with E-state index in [1.807, 2.05) is 31.3 Å². The van der Waals surface area contributed by atoms with Gasteiger partial charge < -0.3 is 10.2 Å². The van der Waals surface area contributed by atoms with Gasteiger partial charge >= 0.3 is 0 Å². The van der Waals surface area contributed by atoms with Crippen molar-refractivity contribution < 1.29 is 4.79 Å². The molecule has 0 aromatic heterocycles. The van der Waals surface area contributed by atoms with Crippen LogP contribution in [-0.2, 0) is 0 Å². The molecule has 0 aliphatic heterocycles. The second-order valence-corrected chi connectivity index (χ2v) is 6.45. The van der Waals surface area contributed by atoms with Crippen molar-refractivity contribution >= 4 is 11.6 Å². The van der Waals surface area contributed by atoms with Gasteiger partial charge in [-0.15, -0.1) is 0 Å². The minimum Gasteiger partial charge on any atom is -0.388 e. The molecular weight excluding hydrogens is 260 g/mol. The van der Waals surface area contributed by atoms with E-state index in [9.17, 15) is 4.79 Å². The summed E-state index contributed by atoms with van der Waals surface area (Å²) in [6.07, 6.45) is 5.93. The molecule has 1 aliphatic carbocycles. The van der Waals surface area contributed by atoms with Crippen molar-refractivity contribution in [2.75, 3.05) is 18.9 Å². The molecule has 1 saturated carbocycles. The van der Waals surface area contributed by atoms with Crippen LogP contribution in [0.25, 0.3) is 0 Å². The fourth-order valence-electron chi connectivity index (χ4n) is 3.01. The number of anilines is 1. The predicted molar refractivity (Wildman–Crippen MR) is 88.7 cm³/mol. The summed E-state index contributed by atoms with van der Waals surface area (Å²) in [7, 11) is 1.89. The zero-order valence-electron chi connectivity index (χ0n) is 13.6. The van der Waals surface area contributed by atoms with Crippen LogP contribution in [0.2, 0.25) is 0 Å². The highest BCUT2D eigenvalue weighted by molar-refractivity contribution is 5.94. The third-order valence-electron chi connectivity index (χ3n) is 4.39. The quantitative estimate of drug-likeness (QED) is 0.852. The van der Waals surface area contributed by atoms with Gasteiger partial charge in [-0.2, -0.15) is 0 Å².